The topological polar surface area (TPSA) is 22.6 Å². The number of aromatic nitrogens is 1. The van der Waals surface area contributed by atoms with Gasteiger partial charge in [-0.3, -0.25) is 0 Å². The summed E-state index contributed by atoms with van der Waals surface area (Å²) in [5.41, 5.74) is 13.9. The zero-order valence-corrected chi connectivity index (χ0v) is 36.0. The third-order valence-electron chi connectivity index (χ3n) is 10.7. The summed E-state index contributed by atoms with van der Waals surface area (Å²) in [7, 11) is 0. The van der Waals surface area contributed by atoms with E-state index < -0.39 is 0 Å². The first-order valence-corrected chi connectivity index (χ1v) is 20.3. The fourth-order valence-corrected chi connectivity index (χ4v) is 8.33. The SMILES string of the molecule is CC(C)(C)c1cc(N2C=CN(c3[c-]c(Sc4[c-]c5c(cc4)-c4ccccc4-c4cc(-c6ccccc6)ccc4N5c4ccccn4)ccc3)[CH-]2)cc(C(C)(C)C)c1.[Pd]. The second-order valence-corrected chi connectivity index (χ2v) is 17.8. The molecule has 3 heterocycles. The molecule has 0 saturated heterocycles. The maximum absolute atomic E-state index is 4.89. The maximum atomic E-state index is 4.89. The van der Waals surface area contributed by atoms with E-state index in [9.17, 15) is 0 Å². The molecule has 4 nitrogen and oxygen atoms in total. The van der Waals surface area contributed by atoms with Crippen LogP contribution in [0.15, 0.2) is 168 Å². The van der Waals surface area contributed by atoms with E-state index in [0.29, 0.717) is 0 Å². The second kappa shape index (κ2) is 15.8. The molecule has 2 aliphatic heterocycles. The van der Waals surface area contributed by atoms with Crippen molar-refractivity contribution in [2.45, 2.75) is 62.2 Å². The van der Waals surface area contributed by atoms with Crippen molar-refractivity contribution in [1.82, 2.24) is 4.98 Å². The molecule has 0 atom stereocenters. The first-order chi connectivity index (χ1) is 27.5. The van der Waals surface area contributed by atoms with Gasteiger partial charge in [-0.05, 0) is 87.4 Å². The number of rotatable bonds is 6. The monoisotopic (exact) mass is 863 g/mol. The van der Waals surface area contributed by atoms with Gasteiger partial charge < -0.3 is 14.7 Å². The summed E-state index contributed by atoms with van der Waals surface area (Å²) >= 11 is 1.67. The number of hydrogen-bond acceptors (Lipinski definition) is 5. The maximum Gasteiger partial charge on any atom is 0.135 e. The Balaban J connectivity index is 0.00000469. The minimum Gasteiger partial charge on any atom is -0.500 e. The smallest absolute Gasteiger partial charge is 0.135 e. The molecule has 292 valence electrons. The van der Waals surface area contributed by atoms with Gasteiger partial charge in [0, 0.05) is 37.9 Å². The third-order valence-corrected chi connectivity index (χ3v) is 11.6. The fraction of sp³-hybridized carbons (Fsp3) is 0.154. The van der Waals surface area contributed by atoms with Crippen molar-refractivity contribution in [2.24, 2.45) is 0 Å². The summed E-state index contributed by atoms with van der Waals surface area (Å²) in [6.07, 6.45) is 6.10. The average Bonchev–Trinajstić information content (AvgIpc) is 3.68. The summed E-state index contributed by atoms with van der Waals surface area (Å²) in [5.74, 6) is 0.843. The second-order valence-electron chi connectivity index (χ2n) is 16.8. The predicted molar refractivity (Wildman–Crippen MR) is 239 cm³/mol. The van der Waals surface area contributed by atoms with Gasteiger partial charge in [0.15, 0.2) is 0 Å². The zero-order valence-electron chi connectivity index (χ0n) is 33.6. The quantitative estimate of drug-likeness (QED) is 0.122. The largest absolute Gasteiger partial charge is 0.500 e. The van der Waals surface area contributed by atoms with Crippen LogP contribution < -0.4 is 14.7 Å². The number of fused-ring (bicyclic) bond motifs is 5. The third kappa shape index (κ3) is 7.77. The van der Waals surface area contributed by atoms with Crippen molar-refractivity contribution in [3.05, 3.63) is 188 Å². The molecule has 0 aliphatic carbocycles. The standard InChI is InChI=1S/C52H45N4S.Pd/c1-51(2,3)38-30-39(52(4,5)6)32-41(31-38)55-28-27-54(35-55)40-17-14-18-42(33-40)57-43-23-24-46-44-19-10-11-20-45(44)47-29-37(36-15-8-7-9-16-36)22-25-48(47)56(49(46)34-43)50-21-12-13-26-53-50;/h7-32,35H,1-6H3;/q-3;. The van der Waals surface area contributed by atoms with Crippen molar-refractivity contribution in [1.29, 1.82) is 0 Å². The van der Waals surface area contributed by atoms with E-state index in [2.05, 4.69) is 215 Å². The predicted octanol–water partition coefficient (Wildman–Crippen LogP) is 14.1. The van der Waals surface area contributed by atoms with Gasteiger partial charge in [0.05, 0.1) is 5.69 Å². The Bertz CT molecular complexity index is 2590. The molecule has 9 rings (SSSR count). The van der Waals surface area contributed by atoms with Gasteiger partial charge >= 0.3 is 0 Å². The van der Waals surface area contributed by atoms with Crippen LogP contribution in [0.25, 0.3) is 33.4 Å². The molecule has 0 radical (unpaired) electrons. The fourth-order valence-electron chi connectivity index (χ4n) is 7.51. The summed E-state index contributed by atoms with van der Waals surface area (Å²) in [5, 5.41) is 0. The van der Waals surface area contributed by atoms with Gasteiger partial charge in [-0.25, -0.2) is 4.98 Å². The summed E-state index contributed by atoms with van der Waals surface area (Å²) in [6.45, 7) is 15.8. The number of pyridine rings is 1. The van der Waals surface area contributed by atoms with Gasteiger partial charge in [0.25, 0.3) is 0 Å². The van der Waals surface area contributed by atoms with E-state index in [4.69, 9.17) is 4.98 Å². The van der Waals surface area contributed by atoms with Crippen LogP contribution in [0.4, 0.5) is 28.6 Å². The zero-order chi connectivity index (χ0) is 39.3. The Kier molecular flexibility index (Phi) is 10.7. The van der Waals surface area contributed by atoms with Gasteiger partial charge in [0.2, 0.25) is 0 Å². The number of nitrogens with zero attached hydrogens (tertiary/aromatic N) is 4. The molecule has 0 N–H and O–H groups in total. The number of benzene rings is 6. The molecule has 2 aliphatic rings. The van der Waals surface area contributed by atoms with Gasteiger partial charge in [-0.15, -0.1) is 51.6 Å². The molecular weight excluding hydrogens is 819 g/mol. The van der Waals surface area contributed by atoms with Crippen LogP contribution in [0.1, 0.15) is 52.7 Å². The molecule has 0 amide bonds. The summed E-state index contributed by atoms with van der Waals surface area (Å²) in [6, 6.07) is 57.5. The van der Waals surface area contributed by atoms with Crippen molar-refractivity contribution < 1.29 is 20.4 Å². The molecule has 0 spiro atoms. The molecule has 0 fully saturated rings. The van der Waals surface area contributed by atoms with Crippen LogP contribution in [-0.4, -0.2) is 4.98 Å². The van der Waals surface area contributed by atoms with Crippen LogP contribution in [0.3, 0.4) is 0 Å². The van der Waals surface area contributed by atoms with Crippen molar-refractivity contribution in [3.8, 4) is 33.4 Å². The van der Waals surface area contributed by atoms with Gasteiger partial charge in [-0.2, -0.15) is 30.3 Å². The Morgan fingerprint density at radius 2 is 1.22 bits per heavy atom. The van der Waals surface area contributed by atoms with E-state index in [0.717, 1.165) is 49.5 Å². The molecule has 0 saturated carbocycles. The molecule has 0 unspecified atom stereocenters. The summed E-state index contributed by atoms with van der Waals surface area (Å²) in [4.78, 5) is 13.5. The Morgan fingerprint density at radius 3 is 1.93 bits per heavy atom. The van der Waals surface area contributed by atoms with Crippen LogP contribution in [0.2, 0.25) is 0 Å². The molecular formula is C52H45N4PdS-3. The molecule has 6 aromatic carbocycles. The van der Waals surface area contributed by atoms with E-state index in [1.807, 2.05) is 18.3 Å². The van der Waals surface area contributed by atoms with Crippen molar-refractivity contribution >= 4 is 40.3 Å². The molecule has 7 aromatic rings. The summed E-state index contributed by atoms with van der Waals surface area (Å²) < 4.78 is 0. The van der Waals surface area contributed by atoms with Gasteiger partial charge in [0.1, 0.15) is 5.82 Å². The average molecular weight is 864 g/mol. The van der Waals surface area contributed by atoms with Crippen LogP contribution in [0.5, 0.6) is 0 Å². The Hall–Kier alpha value is -5.38. The molecule has 0 bridgehead atoms. The number of hydrogen-bond donors (Lipinski definition) is 0. The molecule has 1 aromatic heterocycles. The van der Waals surface area contributed by atoms with Crippen molar-refractivity contribution in [3.63, 3.8) is 0 Å². The first-order valence-electron chi connectivity index (χ1n) is 19.5. The van der Waals surface area contributed by atoms with Gasteiger partial charge in [-0.1, -0.05) is 126 Å². The van der Waals surface area contributed by atoms with E-state index in [-0.39, 0.29) is 31.3 Å². The van der Waals surface area contributed by atoms with E-state index in [1.165, 1.54) is 33.4 Å². The number of anilines is 5. The van der Waals surface area contributed by atoms with E-state index >= 15 is 0 Å². The van der Waals surface area contributed by atoms with Crippen LogP contribution in [-0.2, 0) is 31.3 Å². The minimum absolute atomic E-state index is 0. The Labute approximate surface area is 361 Å². The van der Waals surface area contributed by atoms with E-state index in [1.54, 1.807) is 11.8 Å². The van der Waals surface area contributed by atoms with Crippen molar-refractivity contribution in [2.75, 3.05) is 14.7 Å². The van der Waals surface area contributed by atoms with Crippen LogP contribution in [0, 0.1) is 18.8 Å². The molecule has 6 heteroatoms. The molecule has 58 heavy (non-hydrogen) atoms. The van der Waals surface area contributed by atoms with Crippen LogP contribution >= 0.6 is 11.8 Å². The first kappa shape index (κ1) is 39.4. The minimum atomic E-state index is 0. The Morgan fingerprint density at radius 1 is 0.552 bits per heavy atom. The normalized spacial score (nSPS) is 13.4.